The molecule has 1 aromatic heterocycles. The van der Waals surface area contributed by atoms with E-state index in [4.69, 9.17) is 9.15 Å². The first-order valence-corrected chi connectivity index (χ1v) is 7.98. The van der Waals surface area contributed by atoms with Gasteiger partial charge in [-0.05, 0) is 30.3 Å². The van der Waals surface area contributed by atoms with E-state index in [1.165, 1.54) is 7.11 Å². The lowest BCUT2D eigenvalue weighted by Crippen LogP contribution is -2.12. The van der Waals surface area contributed by atoms with E-state index in [1.54, 1.807) is 24.3 Å². The van der Waals surface area contributed by atoms with E-state index in [0.717, 1.165) is 5.39 Å². The van der Waals surface area contributed by atoms with E-state index < -0.39 is 5.97 Å². The Morgan fingerprint density at radius 3 is 2.44 bits per heavy atom. The van der Waals surface area contributed by atoms with Crippen molar-refractivity contribution in [2.24, 2.45) is 0 Å². The largest absolute Gasteiger partial charge is 0.482 e. The quantitative estimate of drug-likeness (QED) is 0.505. The van der Waals surface area contributed by atoms with Crippen LogP contribution in [-0.2, 0) is 16.0 Å². The van der Waals surface area contributed by atoms with Crippen molar-refractivity contribution in [1.29, 1.82) is 0 Å². The molecule has 0 aliphatic heterocycles. The van der Waals surface area contributed by atoms with Crippen molar-refractivity contribution in [3.05, 3.63) is 65.4 Å². The smallest absolute Gasteiger partial charge is 0.343 e. The number of hydrogen-bond acceptors (Lipinski definition) is 5. The number of hydrogen-bond donors (Lipinski definition) is 0. The SMILES string of the molecule is CCc1oc2ccccc2c1C(=O)c1ccc(OCC(=O)OC)cc1. The zero-order chi connectivity index (χ0) is 17.8. The molecule has 0 bridgehead atoms. The molecule has 128 valence electrons. The molecule has 0 aliphatic rings. The van der Waals surface area contributed by atoms with Gasteiger partial charge < -0.3 is 13.9 Å². The number of fused-ring (bicyclic) bond motifs is 1. The van der Waals surface area contributed by atoms with Crippen molar-refractivity contribution >= 4 is 22.7 Å². The second-order valence-electron chi connectivity index (χ2n) is 5.47. The molecule has 2 aromatic carbocycles. The van der Waals surface area contributed by atoms with Crippen LogP contribution >= 0.6 is 0 Å². The fourth-order valence-corrected chi connectivity index (χ4v) is 2.64. The first-order chi connectivity index (χ1) is 12.1. The molecule has 0 saturated carbocycles. The molecule has 0 unspecified atom stereocenters. The molecule has 3 rings (SSSR count). The topological polar surface area (TPSA) is 65.7 Å². The lowest BCUT2D eigenvalue weighted by Gasteiger charge is -2.06. The number of carbonyl (C=O) groups excluding carboxylic acids is 2. The molecule has 0 radical (unpaired) electrons. The van der Waals surface area contributed by atoms with Gasteiger partial charge in [0.15, 0.2) is 12.4 Å². The van der Waals surface area contributed by atoms with Gasteiger partial charge in [-0.2, -0.15) is 0 Å². The van der Waals surface area contributed by atoms with Crippen LogP contribution in [0, 0.1) is 0 Å². The van der Waals surface area contributed by atoms with Crippen LogP contribution in [0.2, 0.25) is 0 Å². The Labute approximate surface area is 145 Å². The normalized spacial score (nSPS) is 10.6. The number of esters is 1. The number of carbonyl (C=O) groups is 2. The maximum absolute atomic E-state index is 12.9. The molecule has 0 atom stereocenters. The molecule has 0 spiro atoms. The summed E-state index contributed by atoms with van der Waals surface area (Å²) in [7, 11) is 1.30. The van der Waals surface area contributed by atoms with Crippen LogP contribution in [0.1, 0.15) is 28.6 Å². The molecular formula is C20H18O5. The minimum atomic E-state index is -0.461. The third-order valence-corrected chi connectivity index (χ3v) is 3.92. The van der Waals surface area contributed by atoms with Crippen molar-refractivity contribution < 1.29 is 23.5 Å². The summed E-state index contributed by atoms with van der Waals surface area (Å²) in [5, 5.41) is 0.815. The van der Waals surface area contributed by atoms with Crippen LogP contribution in [0.25, 0.3) is 11.0 Å². The Balaban J connectivity index is 1.87. The molecule has 0 saturated heterocycles. The maximum atomic E-state index is 12.9. The molecule has 0 aliphatic carbocycles. The number of rotatable bonds is 6. The maximum Gasteiger partial charge on any atom is 0.343 e. The van der Waals surface area contributed by atoms with Gasteiger partial charge in [0.2, 0.25) is 0 Å². The third kappa shape index (κ3) is 3.40. The van der Waals surface area contributed by atoms with E-state index in [0.29, 0.717) is 34.6 Å². The molecule has 3 aromatic rings. The van der Waals surface area contributed by atoms with Crippen LogP contribution in [0.4, 0.5) is 0 Å². The molecule has 5 nitrogen and oxygen atoms in total. The van der Waals surface area contributed by atoms with Crippen molar-refractivity contribution in [3.63, 3.8) is 0 Å². The Kier molecular flexibility index (Phi) is 4.84. The van der Waals surface area contributed by atoms with Gasteiger partial charge in [-0.15, -0.1) is 0 Å². The molecule has 1 heterocycles. The number of aryl methyl sites for hydroxylation is 1. The first-order valence-electron chi connectivity index (χ1n) is 7.98. The van der Waals surface area contributed by atoms with Gasteiger partial charge in [0.1, 0.15) is 17.1 Å². The van der Waals surface area contributed by atoms with Crippen LogP contribution in [0.15, 0.2) is 52.9 Å². The van der Waals surface area contributed by atoms with Gasteiger partial charge in [-0.25, -0.2) is 4.79 Å². The average Bonchev–Trinajstić information content (AvgIpc) is 3.04. The second kappa shape index (κ2) is 7.21. The standard InChI is InChI=1S/C20H18O5/c1-3-16-19(15-6-4-5-7-17(15)25-16)20(22)13-8-10-14(11-9-13)24-12-18(21)23-2/h4-11H,3,12H2,1-2H3. The minimum Gasteiger partial charge on any atom is -0.482 e. The van der Waals surface area contributed by atoms with E-state index >= 15 is 0 Å². The predicted molar refractivity (Wildman–Crippen MR) is 93.0 cm³/mol. The lowest BCUT2D eigenvalue weighted by atomic mass is 9.99. The van der Waals surface area contributed by atoms with Crippen molar-refractivity contribution in [2.75, 3.05) is 13.7 Å². The van der Waals surface area contributed by atoms with Gasteiger partial charge in [0, 0.05) is 17.4 Å². The van der Waals surface area contributed by atoms with Gasteiger partial charge in [-0.1, -0.05) is 25.1 Å². The first kappa shape index (κ1) is 16.8. The number of para-hydroxylation sites is 1. The molecule has 25 heavy (non-hydrogen) atoms. The fourth-order valence-electron chi connectivity index (χ4n) is 2.64. The average molecular weight is 338 g/mol. The summed E-state index contributed by atoms with van der Waals surface area (Å²) in [5.41, 5.74) is 1.84. The summed E-state index contributed by atoms with van der Waals surface area (Å²) in [4.78, 5) is 24.0. The van der Waals surface area contributed by atoms with E-state index in [-0.39, 0.29) is 12.4 Å². The zero-order valence-electron chi connectivity index (χ0n) is 14.1. The van der Waals surface area contributed by atoms with Crippen LogP contribution in [0.3, 0.4) is 0 Å². The molecular weight excluding hydrogens is 320 g/mol. The Bertz CT molecular complexity index is 905. The highest BCUT2D eigenvalue weighted by Crippen LogP contribution is 2.29. The monoisotopic (exact) mass is 338 g/mol. The van der Waals surface area contributed by atoms with Crippen molar-refractivity contribution in [2.45, 2.75) is 13.3 Å². The van der Waals surface area contributed by atoms with E-state index in [1.807, 2.05) is 31.2 Å². The highest BCUT2D eigenvalue weighted by molar-refractivity contribution is 6.16. The second-order valence-corrected chi connectivity index (χ2v) is 5.47. The minimum absolute atomic E-state index is 0.0960. The summed E-state index contributed by atoms with van der Waals surface area (Å²) < 4.78 is 15.6. The number of methoxy groups -OCH3 is 1. The Morgan fingerprint density at radius 2 is 1.76 bits per heavy atom. The third-order valence-electron chi connectivity index (χ3n) is 3.92. The summed E-state index contributed by atoms with van der Waals surface area (Å²) in [5.74, 6) is 0.617. The molecule has 0 fully saturated rings. The Morgan fingerprint density at radius 1 is 1.04 bits per heavy atom. The lowest BCUT2D eigenvalue weighted by molar-refractivity contribution is -0.142. The van der Waals surface area contributed by atoms with Crippen LogP contribution in [-0.4, -0.2) is 25.5 Å². The number of ether oxygens (including phenoxy) is 2. The van der Waals surface area contributed by atoms with Gasteiger partial charge in [0.05, 0.1) is 12.7 Å². The Hall–Kier alpha value is -3.08. The molecule has 0 amide bonds. The molecule has 0 N–H and O–H groups in total. The summed E-state index contributed by atoms with van der Waals surface area (Å²) in [6.07, 6.45) is 0.635. The zero-order valence-corrected chi connectivity index (χ0v) is 14.1. The van der Waals surface area contributed by atoms with Gasteiger partial charge >= 0.3 is 5.97 Å². The number of benzene rings is 2. The fraction of sp³-hybridized carbons (Fsp3) is 0.200. The predicted octanol–water partition coefficient (Wildman–Crippen LogP) is 3.78. The van der Waals surface area contributed by atoms with Gasteiger partial charge in [0.25, 0.3) is 0 Å². The van der Waals surface area contributed by atoms with Crippen LogP contribution in [0.5, 0.6) is 5.75 Å². The van der Waals surface area contributed by atoms with E-state index in [9.17, 15) is 9.59 Å². The van der Waals surface area contributed by atoms with Crippen molar-refractivity contribution in [1.82, 2.24) is 0 Å². The summed E-state index contributed by atoms with van der Waals surface area (Å²) in [6, 6.07) is 14.2. The highest BCUT2D eigenvalue weighted by atomic mass is 16.6. The van der Waals surface area contributed by atoms with Gasteiger partial charge in [-0.3, -0.25) is 4.79 Å². The highest BCUT2D eigenvalue weighted by Gasteiger charge is 2.20. The summed E-state index contributed by atoms with van der Waals surface area (Å²) in [6.45, 7) is 1.79. The number of ketones is 1. The van der Waals surface area contributed by atoms with E-state index in [2.05, 4.69) is 4.74 Å². The van der Waals surface area contributed by atoms with Crippen LogP contribution < -0.4 is 4.74 Å². The summed E-state index contributed by atoms with van der Waals surface area (Å²) >= 11 is 0. The van der Waals surface area contributed by atoms with Crippen molar-refractivity contribution in [3.8, 4) is 5.75 Å². The molecule has 5 heteroatoms. The number of furan rings is 1.